The normalized spacial score (nSPS) is 24.1. The molecule has 0 saturated carbocycles. The molecule has 1 aliphatic heterocycles. The van der Waals surface area contributed by atoms with Gasteiger partial charge in [-0.3, -0.25) is 0 Å². The van der Waals surface area contributed by atoms with Gasteiger partial charge < -0.3 is 10.0 Å². The fraction of sp³-hybridized carbons (Fsp3) is 0.462. The van der Waals surface area contributed by atoms with Gasteiger partial charge in [-0.15, -0.1) is 0 Å². The third kappa shape index (κ3) is 2.39. The Morgan fingerprint density at radius 3 is 2.41 bits per heavy atom. The van der Waals surface area contributed by atoms with Gasteiger partial charge in [0, 0.05) is 18.8 Å². The number of hydrogen-bond donors (Lipinski definition) is 1. The number of aromatic carboxylic acids is 1. The number of carboxylic acid groups (broad SMARTS) is 1. The third-order valence-corrected chi connectivity index (χ3v) is 3.85. The molecule has 1 heterocycles. The first-order valence-corrected chi connectivity index (χ1v) is 6.14. The van der Waals surface area contributed by atoms with Crippen LogP contribution in [0, 0.1) is 11.8 Å². The number of hydrogen-bond acceptors (Lipinski definition) is 2. The molecule has 1 aromatic carbocycles. The predicted octanol–water partition coefficient (Wildman–Crippen LogP) is 3.13. The van der Waals surface area contributed by atoms with E-state index in [1.54, 1.807) is 12.1 Å². The van der Waals surface area contributed by atoms with Crippen LogP contribution in [0.15, 0.2) is 18.2 Å². The Morgan fingerprint density at radius 2 is 1.94 bits per heavy atom. The van der Waals surface area contributed by atoms with E-state index in [1.165, 1.54) is 0 Å². The molecule has 0 aliphatic carbocycles. The zero-order valence-corrected chi connectivity index (χ0v) is 10.7. The first kappa shape index (κ1) is 12.2. The minimum atomic E-state index is -0.982. The summed E-state index contributed by atoms with van der Waals surface area (Å²) in [7, 11) is 0. The molecule has 2 rings (SSSR count). The van der Waals surface area contributed by atoms with E-state index >= 15 is 0 Å². The van der Waals surface area contributed by atoms with Gasteiger partial charge in [-0.25, -0.2) is 4.79 Å². The van der Waals surface area contributed by atoms with Crippen LogP contribution < -0.4 is 4.90 Å². The molecule has 1 fully saturated rings. The summed E-state index contributed by atoms with van der Waals surface area (Å²) in [6.45, 7) is 6.48. The molecular formula is C13H16ClNO2. The highest BCUT2D eigenvalue weighted by Crippen LogP contribution is 2.30. The summed E-state index contributed by atoms with van der Waals surface area (Å²) in [5.74, 6) is 0.338. The Morgan fingerprint density at radius 1 is 1.35 bits per heavy atom. The van der Waals surface area contributed by atoms with Gasteiger partial charge in [0.05, 0.1) is 10.6 Å². The minimum Gasteiger partial charge on any atom is -0.478 e. The highest BCUT2D eigenvalue weighted by atomic mass is 35.5. The first-order valence-electron chi connectivity index (χ1n) is 5.77. The van der Waals surface area contributed by atoms with Crippen LogP contribution in [-0.4, -0.2) is 24.2 Å². The average Bonchev–Trinajstić information content (AvgIpc) is 2.58. The van der Waals surface area contributed by atoms with Crippen LogP contribution in [0.25, 0.3) is 0 Å². The van der Waals surface area contributed by atoms with E-state index in [1.807, 2.05) is 6.07 Å². The van der Waals surface area contributed by atoms with E-state index in [2.05, 4.69) is 18.7 Å². The maximum Gasteiger partial charge on any atom is 0.337 e. The second-order valence-electron chi connectivity index (χ2n) is 4.83. The molecule has 2 unspecified atom stereocenters. The van der Waals surface area contributed by atoms with Crippen LogP contribution in [0.4, 0.5) is 5.69 Å². The highest BCUT2D eigenvalue weighted by Gasteiger charge is 2.26. The molecule has 92 valence electrons. The zero-order chi connectivity index (χ0) is 12.6. The Balaban J connectivity index is 2.24. The summed E-state index contributed by atoms with van der Waals surface area (Å²) < 4.78 is 0. The first-order chi connectivity index (χ1) is 7.99. The smallest absolute Gasteiger partial charge is 0.337 e. The van der Waals surface area contributed by atoms with Crippen molar-refractivity contribution in [1.82, 2.24) is 0 Å². The summed E-state index contributed by atoms with van der Waals surface area (Å²) in [6.07, 6.45) is 0. The fourth-order valence-electron chi connectivity index (χ4n) is 2.21. The van der Waals surface area contributed by atoms with Crippen molar-refractivity contribution in [2.24, 2.45) is 11.8 Å². The van der Waals surface area contributed by atoms with E-state index in [4.69, 9.17) is 16.7 Å². The number of benzene rings is 1. The number of carbonyl (C=O) groups is 1. The number of rotatable bonds is 2. The molecule has 3 nitrogen and oxygen atoms in total. The van der Waals surface area contributed by atoms with Crippen LogP contribution >= 0.6 is 11.6 Å². The Labute approximate surface area is 106 Å². The molecule has 17 heavy (non-hydrogen) atoms. The van der Waals surface area contributed by atoms with Crippen LogP contribution in [0.5, 0.6) is 0 Å². The summed E-state index contributed by atoms with van der Waals surface area (Å²) in [6, 6.07) is 5.16. The summed E-state index contributed by atoms with van der Waals surface area (Å²) in [5.41, 5.74) is 1.17. The lowest BCUT2D eigenvalue weighted by atomic mass is 10.0. The van der Waals surface area contributed by atoms with Crippen LogP contribution in [0.3, 0.4) is 0 Å². The zero-order valence-electron chi connectivity index (χ0n) is 9.98. The minimum absolute atomic E-state index is 0.163. The van der Waals surface area contributed by atoms with E-state index in [0.29, 0.717) is 16.9 Å². The predicted molar refractivity (Wildman–Crippen MR) is 69.0 cm³/mol. The number of carboxylic acids is 1. The van der Waals surface area contributed by atoms with Gasteiger partial charge in [0.1, 0.15) is 0 Å². The van der Waals surface area contributed by atoms with E-state index in [9.17, 15) is 4.79 Å². The van der Waals surface area contributed by atoms with Crippen LogP contribution in [0.1, 0.15) is 24.2 Å². The van der Waals surface area contributed by atoms with Gasteiger partial charge in [0.15, 0.2) is 0 Å². The molecule has 1 aliphatic rings. The SMILES string of the molecule is CC1CN(c2ccc(C(=O)O)c(Cl)c2)CC1C. The van der Waals surface area contributed by atoms with Crippen molar-refractivity contribution in [2.45, 2.75) is 13.8 Å². The second kappa shape index (κ2) is 4.57. The lowest BCUT2D eigenvalue weighted by molar-refractivity contribution is 0.0697. The monoisotopic (exact) mass is 253 g/mol. The van der Waals surface area contributed by atoms with Gasteiger partial charge in [0.2, 0.25) is 0 Å². The van der Waals surface area contributed by atoms with Crippen molar-refractivity contribution in [2.75, 3.05) is 18.0 Å². The van der Waals surface area contributed by atoms with E-state index in [0.717, 1.165) is 18.8 Å². The standard InChI is InChI=1S/C13H16ClNO2/c1-8-6-15(7-9(8)2)10-3-4-11(13(16)17)12(14)5-10/h3-5,8-9H,6-7H2,1-2H3,(H,16,17). The van der Waals surface area contributed by atoms with Crippen molar-refractivity contribution < 1.29 is 9.90 Å². The van der Waals surface area contributed by atoms with Gasteiger partial charge >= 0.3 is 5.97 Å². The van der Waals surface area contributed by atoms with Crippen molar-refractivity contribution >= 4 is 23.3 Å². The molecule has 1 aromatic rings. The van der Waals surface area contributed by atoms with Gasteiger partial charge in [-0.1, -0.05) is 25.4 Å². The lowest BCUT2D eigenvalue weighted by Gasteiger charge is -2.19. The lowest BCUT2D eigenvalue weighted by Crippen LogP contribution is -2.19. The molecule has 0 spiro atoms. The topological polar surface area (TPSA) is 40.5 Å². The van der Waals surface area contributed by atoms with Crippen LogP contribution in [-0.2, 0) is 0 Å². The fourth-order valence-corrected chi connectivity index (χ4v) is 2.47. The maximum atomic E-state index is 10.9. The van der Waals surface area contributed by atoms with Crippen molar-refractivity contribution in [3.05, 3.63) is 28.8 Å². The summed E-state index contributed by atoms with van der Waals surface area (Å²) in [4.78, 5) is 13.1. The van der Waals surface area contributed by atoms with Crippen molar-refractivity contribution in [3.63, 3.8) is 0 Å². The summed E-state index contributed by atoms with van der Waals surface area (Å²) >= 11 is 5.97. The largest absolute Gasteiger partial charge is 0.478 e. The molecule has 0 aromatic heterocycles. The molecular weight excluding hydrogens is 238 g/mol. The van der Waals surface area contributed by atoms with E-state index in [-0.39, 0.29) is 5.56 Å². The van der Waals surface area contributed by atoms with Crippen LogP contribution in [0.2, 0.25) is 5.02 Å². The number of anilines is 1. The highest BCUT2D eigenvalue weighted by molar-refractivity contribution is 6.33. The van der Waals surface area contributed by atoms with Gasteiger partial charge in [-0.05, 0) is 30.0 Å². The number of halogens is 1. The molecule has 4 heteroatoms. The van der Waals surface area contributed by atoms with Gasteiger partial charge in [0.25, 0.3) is 0 Å². The van der Waals surface area contributed by atoms with Crippen molar-refractivity contribution in [3.8, 4) is 0 Å². The quantitative estimate of drug-likeness (QED) is 0.880. The number of nitrogens with zero attached hydrogens (tertiary/aromatic N) is 1. The molecule has 0 bridgehead atoms. The van der Waals surface area contributed by atoms with E-state index < -0.39 is 5.97 Å². The molecule has 1 saturated heterocycles. The molecule has 2 atom stereocenters. The Kier molecular flexibility index (Phi) is 3.29. The summed E-state index contributed by atoms with van der Waals surface area (Å²) in [5, 5.41) is 9.22. The van der Waals surface area contributed by atoms with Gasteiger partial charge in [-0.2, -0.15) is 0 Å². The van der Waals surface area contributed by atoms with Crippen molar-refractivity contribution in [1.29, 1.82) is 0 Å². The Hall–Kier alpha value is -1.22. The maximum absolute atomic E-state index is 10.9. The second-order valence-corrected chi connectivity index (χ2v) is 5.24. The average molecular weight is 254 g/mol. The Bertz CT molecular complexity index is 437. The molecule has 0 radical (unpaired) electrons. The molecule has 0 amide bonds. The third-order valence-electron chi connectivity index (χ3n) is 3.54. The molecule has 1 N–H and O–H groups in total.